The number of pyridine rings is 1. The first-order valence-corrected chi connectivity index (χ1v) is 7.60. The van der Waals surface area contributed by atoms with Crippen LogP contribution in [0, 0.1) is 6.92 Å². The summed E-state index contributed by atoms with van der Waals surface area (Å²) in [6, 6.07) is 15.8. The van der Waals surface area contributed by atoms with E-state index in [2.05, 4.69) is 50.9 Å². The molecule has 0 amide bonds. The SMILES string of the molecule is Cc1ccc(C(C)(C)C)cc1-c1cc(=O)c2ccccc2[nH]1. The molecule has 22 heavy (non-hydrogen) atoms. The molecule has 0 aliphatic carbocycles. The van der Waals surface area contributed by atoms with E-state index in [-0.39, 0.29) is 10.8 Å². The molecule has 0 aliphatic heterocycles. The summed E-state index contributed by atoms with van der Waals surface area (Å²) in [6.45, 7) is 8.68. The van der Waals surface area contributed by atoms with Crippen LogP contribution in [-0.2, 0) is 5.41 Å². The highest BCUT2D eigenvalue weighted by molar-refractivity contribution is 5.81. The summed E-state index contributed by atoms with van der Waals surface area (Å²) in [4.78, 5) is 15.7. The second-order valence-corrected chi connectivity index (χ2v) is 6.87. The summed E-state index contributed by atoms with van der Waals surface area (Å²) in [5.74, 6) is 0. The lowest BCUT2D eigenvalue weighted by Crippen LogP contribution is -2.11. The van der Waals surface area contributed by atoms with Crippen LogP contribution in [0.5, 0.6) is 0 Å². The van der Waals surface area contributed by atoms with Gasteiger partial charge in [-0.1, -0.05) is 45.0 Å². The number of aromatic nitrogens is 1. The van der Waals surface area contributed by atoms with Crippen molar-refractivity contribution in [2.45, 2.75) is 33.1 Å². The number of hydrogen-bond donors (Lipinski definition) is 1. The van der Waals surface area contributed by atoms with Gasteiger partial charge in [0.25, 0.3) is 0 Å². The van der Waals surface area contributed by atoms with Gasteiger partial charge in [-0.05, 0) is 41.7 Å². The van der Waals surface area contributed by atoms with Gasteiger partial charge < -0.3 is 4.98 Å². The fourth-order valence-corrected chi connectivity index (χ4v) is 2.72. The van der Waals surface area contributed by atoms with Crippen molar-refractivity contribution in [2.24, 2.45) is 0 Å². The van der Waals surface area contributed by atoms with E-state index in [0.29, 0.717) is 0 Å². The van der Waals surface area contributed by atoms with Crippen LogP contribution in [0.15, 0.2) is 53.3 Å². The normalized spacial score (nSPS) is 11.8. The fourth-order valence-electron chi connectivity index (χ4n) is 2.72. The maximum absolute atomic E-state index is 12.3. The third kappa shape index (κ3) is 2.57. The van der Waals surface area contributed by atoms with E-state index >= 15 is 0 Å². The predicted octanol–water partition coefficient (Wildman–Crippen LogP) is 4.80. The van der Waals surface area contributed by atoms with Crippen LogP contribution in [0.25, 0.3) is 22.2 Å². The Morgan fingerprint density at radius 2 is 1.68 bits per heavy atom. The van der Waals surface area contributed by atoms with Crippen LogP contribution in [0.2, 0.25) is 0 Å². The zero-order chi connectivity index (χ0) is 15.9. The standard InChI is InChI=1S/C20H21NO/c1-13-9-10-14(20(2,3)4)11-16(13)18-12-19(22)15-7-5-6-8-17(15)21-18/h5-12H,1-4H3,(H,21,22). The number of benzene rings is 2. The number of rotatable bonds is 1. The first-order chi connectivity index (χ1) is 10.4. The zero-order valence-corrected chi connectivity index (χ0v) is 13.5. The molecule has 0 spiro atoms. The quantitative estimate of drug-likeness (QED) is 0.686. The van der Waals surface area contributed by atoms with Crippen LogP contribution in [0.3, 0.4) is 0 Å². The number of aromatic amines is 1. The van der Waals surface area contributed by atoms with E-state index in [4.69, 9.17) is 0 Å². The lowest BCUT2D eigenvalue weighted by molar-refractivity contribution is 0.590. The Hall–Kier alpha value is -2.35. The van der Waals surface area contributed by atoms with Crippen LogP contribution >= 0.6 is 0 Å². The average molecular weight is 291 g/mol. The highest BCUT2D eigenvalue weighted by atomic mass is 16.1. The molecular formula is C20H21NO. The molecule has 2 heteroatoms. The van der Waals surface area contributed by atoms with Crippen LogP contribution in [-0.4, -0.2) is 4.98 Å². The van der Waals surface area contributed by atoms with E-state index < -0.39 is 0 Å². The topological polar surface area (TPSA) is 32.9 Å². The summed E-state index contributed by atoms with van der Waals surface area (Å²) in [7, 11) is 0. The molecule has 0 atom stereocenters. The summed E-state index contributed by atoms with van der Waals surface area (Å²) < 4.78 is 0. The minimum atomic E-state index is 0.0601. The Labute approximate surface area is 130 Å². The van der Waals surface area contributed by atoms with Crippen molar-refractivity contribution in [3.8, 4) is 11.3 Å². The molecule has 0 fully saturated rings. The first-order valence-electron chi connectivity index (χ1n) is 7.60. The van der Waals surface area contributed by atoms with E-state index in [1.807, 2.05) is 24.3 Å². The summed E-state index contributed by atoms with van der Waals surface area (Å²) >= 11 is 0. The van der Waals surface area contributed by atoms with E-state index in [9.17, 15) is 4.79 Å². The van der Waals surface area contributed by atoms with Crippen LogP contribution in [0.1, 0.15) is 31.9 Å². The molecule has 2 aromatic carbocycles. The minimum Gasteiger partial charge on any atom is -0.354 e. The van der Waals surface area contributed by atoms with E-state index in [0.717, 1.165) is 22.2 Å². The minimum absolute atomic E-state index is 0.0601. The van der Waals surface area contributed by atoms with E-state index in [1.165, 1.54) is 11.1 Å². The van der Waals surface area contributed by atoms with Crippen molar-refractivity contribution < 1.29 is 0 Å². The highest BCUT2D eigenvalue weighted by Crippen LogP contribution is 2.29. The molecule has 2 nitrogen and oxygen atoms in total. The number of aryl methyl sites for hydroxylation is 1. The zero-order valence-electron chi connectivity index (χ0n) is 13.5. The largest absolute Gasteiger partial charge is 0.354 e. The highest BCUT2D eigenvalue weighted by Gasteiger charge is 2.16. The summed E-state index contributed by atoms with van der Waals surface area (Å²) in [5, 5.41) is 0.732. The van der Waals surface area contributed by atoms with Gasteiger partial charge in [0.2, 0.25) is 0 Å². The van der Waals surface area contributed by atoms with Gasteiger partial charge in [-0.15, -0.1) is 0 Å². The third-order valence-electron chi connectivity index (χ3n) is 4.13. The predicted molar refractivity (Wildman–Crippen MR) is 93.4 cm³/mol. The maximum atomic E-state index is 12.3. The second-order valence-electron chi connectivity index (χ2n) is 6.87. The molecule has 1 heterocycles. The lowest BCUT2D eigenvalue weighted by atomic mass is 9.85. The molecule has 1 N–H and O–H groups in total. The molecular weight excluding hydrogens is 270 g/mol. The number of H-pyrrole nitrogens is 1. The molecule has 0 saturated carbocycles. The number of hydrogen-bond acceptors (Lipinski definition) is 1. The Kier molecular flexibility index (Phi) is 3.40. The molecule has 0 radical (unpaired) electrons. The van der Waals surface area contributed by atoms with Crippen molar-refractivity contribution in [2.75, 3.05) is 0 Å². The van der Waals surface area contributed by atoms with Gasteiger partial charge in [0.15, 0.2) is 5.43 Å². The molecule has 0 bridgehead atoms. The molecule has 0 aliphatic rings. The fraction of sp³-hybridized carbons (Fsp3) is 0.250. The monoisotopic (exact) mass is 291 g/mol. The van der Waals surface area contributed by atoms with Gasteiger partial charge in [0, 0.05) is 28.2 Å². The van der Waals surface area contributed by atoms with Crippen molar-refractivity contribution in [1.82, 2.24) is 4.98 Å². The van der Waals surface area contributed by atoms with Crippen molar-refractivity contribution in [1.29, 1.82) is 0 Å². The Balaban J connectivity index is 2.25. The van der Waals surface area contributed by atoms with Gasteiger partial charge >= 0.3 is 0 Å². The van der Waals surface area contributed by atoms with Gasteiger partial charge in [0.05, 0.1) is 0 Å². The average Bonchev–Trinajstić information content (AvgIpc) is 2.46. The van der Waals surface area contributed by atoms with E-state index in [1.54, 1.807) is 6.07 Å². The number of nitrogens with one attached hydrogen (secondary N) is 1. The van der Waals surface area contributed by atoms with Gasteiger partial charge in [-0.3, -0.25) is 4.79 Å². The van der Waals surface area contributed by atoms with Crippen molar-refractivity contribution >= 4 is 10.9 Å². The van der Waals surface area contributed by atoms with Gasteiger partial charge in [-0.2, -0.15) is 0 Å². The Morgan fingerprint density at radius 3 is 2.41 bits per heavy atom. The lowest BCUT2D eigenvalue weighted by Gasteiger charge is -2.21. The second kappa shape index (κ2) is 5.13. The molecule has 3 rings (SSSR count). The van der Waals surface area contributed by atoms with Gasteiger partial charge in [-0.25, -0.2) is 0 Å². The first kappa shape index (κ1) is 14.6. The Bertz CT molecular complexity index is 897. The maximum Gasteiger partial charge on any atom is 0.190 e. The summed E-state index contributed by atoms with van der Waals surface area (Å²) in [5.41, 5.74) is 5.43. The smallest absolute Gasteiger partial charge is 0.190 e. The van der Waals surface area contributed by atoms with Gasteiger partial charge in [0.1, 0.15) is 0 Å². The number of para-hydroxylation sites is 1. The number of fused-ring (bicyclic) bond motifs is 1. The molecule has 1 aromatic heterocycles. The third-order valence-corrected chi connectivity index (χ3v) is 4.13. The summed E-state index contributed by atoms with van der Waals surface area (Å²) in [6.07, 6.45) is 0. The molecule has 112 valence electrons. The van der Waals surface area contributed by atoms with Crippen LogP contribution < -0.4 is 5.43 Å². The van der Waals surface area contributed by atoms with Crippen LogP contribution in [0.4, 0.5) is 0 Å². The molecule has 0 unspecified atom stereocenters. The van der Waals surface area contributed by atoms with Crippen molar-refractivity contribution in [3.63, 3.8) is 0 Å². The molecule has 3 aromatic rings. The molecule has 0 saturated heterocycles. The Morgan fingerprint density at radius 1 is 0.955 bits per heavy atom. The van der Waals surface area contributed by atoms with Crippen molar-refractivity contribution in [3.05, 3.63) is 69.9 Å².